The zero-order valence-corrected chi connectivity index (χ0v) is 20.6. The van der Waals surface area contributed by atoms with Gasteiger partial charge >= 0.3 is 0 Å². The Labute approximate surface area is 214 Å². The maximum Gasteiger partial charge on any atom is 0.211 e. The number of nitrogens with zero attached hydrogens (tertiary/aromatic N) is 7. The summed E-state index contributed by atoms with van der Waals surface area (Å²) >= 11 is 6.06. The lowest BCUT2D eigenvalue weighted by atomic mass is 9.99. The van der Waals surface area contributed by atoms with Gasteiger partial charge in [0, 0.05) is 23.6 Å². The molecule has 10 heteroatoms. The average Bonchev–Trinajstić information content (AvgIpc) is 3.51. The van der Waals surface area contributed by atoms with E-state index in [2.05, 4.69) is 36.0 Å². The minimum Gasteiger partial charge on any atom is -0.493 e. The fraction of sp³-hybridized carbons (Fsp3) is 0.346. The number of aromatic nitrogens is 3. The molecule has 182 valence electrons. The zero-order valence-electron chi connectivity index (χ0n) is 19.9. The van der Waals surface area contributed by atoms with Crippen LogP contribution in [0.1, 0.15) is 59.7 Å². The van der Waals surface area contributed by atoms with Crippen molar-refractivity contribution in [2.45, 2.75) is 44.8 Å². The van der Waals surface area contributed by atoms with Gasteiger partial charge in [0.05, 0.1) is 36.9 Å². The SMILES string of the molecule is Cc1nnc([C@H]2CCCN2/C(=N\C#N)N[C@H]2CCOc3cc(C#N)ccc32)n1Cc1ccc(Cl)cc1. The number of likely N-dealkylation sites (tertiary alicyclic amines) is 1. The largest absolute Gasteiger partial charge is 0.493 e. The van der Waals surface area contributed by atoms with Gasteiger partial charge in [-0.3, -0.25) is 0 Å². The monoisotopic (exact) mass is 500 g/mol. The summed E-state index contributed by atoms with van der Waals surface area (Å²) in [6, 6.07) is 15.2. The Balaban J connectivity index is 1.42. The molecule has 1 N–H and O–H groups in total. The summed E-state index contributed by atoms with van der Waals surface area (Å²) in [6.07, 6.45) is 4.50. The molecule has 0 amide bonds. The molecular formula is C26H25ClN8O. The first-order valence-electron chi connectivity index (χ1n) is 11.9. The van der Waals surface area contributed by atoms with Crippen molar-refractivity contribution < 1.29 is 4.74 Å². The van der Waals surface area contributed by atoms with E-state index in [1.54, 1.807) is 12.1 Å². The first kappa shape index (κ1) is 23.7. The Morgan fingerprint density at radius 1 is 1.19 bits per heavy atom. The lowest BCUT2D eigenvalue weighted by Gasteiger charge is -2.33. The van der Waals surface area contributed by atoms with Crippen LogP contribution in [-0.4, -0.2) is 38.8 Å². The third-order valence-electron chi connectivity index (χ3n) is 6.68. The summed E-state index contributed by atoms with van der Waals surface area (Å²) < 4.78 is 7.91. The first-order chi connectivity index (χ1) is 17.6. The first-order valence-corrected chi connectivity index (χ1v) is 12.3. The van der Waals surface area contributed by atoms with E-state index in [1.165, 1.54) is 0 Å². The number of nitrogens with one attached hydrogen (secondary N) is 1. The van der Waals surface area contributed by atoms with Gasteiger partial charge in [0.15, 0.2) is 5.82 Å². The van der Waals surface area contributed by atoms with Crippen LogP contribution in [0, 0.1) is 29.7 Å². The van der Waals surface area contributed by atoms with E-state index < -0.39 is 0 Å². The molecule has 0 bridgehead atoms. The zero-order chi connectivity index (χ0) is 25.1. The van der Waals surface area contributed by atoms with Crippen molar-refractivity contribution in [3.8, 4) is 18.0 Å². The normalized spacial score (nSPS) is 19.2. The minimum absolute atomic E-state index is 0.0709. The van der Waals surface area contributed by atoms with Crippen LogP contribution >= 0.6 is 11.6 Å². The number of fused-ring (bicyclic) bond motifs is 1. The van der Waals surface area contributed by atoms with Crippen molar-refractivity contribution in [3.63, 3.8) is 0 Å². The molecule has 2 aliphatic rings. The number of hydrogen-bond donors (Lipinski definition) is 1. The highest BCUT2D eigenvalue weighted by atomic mass is 35.5. The molecule has 2 aliphatic heterocycles. The molecule has 9 nitrogen and oxygen atoms in total. The molecule has 3 heterocycles. The van der Waals surface area contributed by atoms with Gasteiger partial charge in [-0.2, -0.15) is 10.5 Å². The van der Waals surface area contributed by atoms with E-state index in [9.17, 15) is 10.5 Å². The van der Waals surface area contributed by atoms with Crippen LogP contribution in [0.25, 0.3) is 0 Å². The van der Waals surface area contributed by atoms with Crippen LogP contribution in [0.3, 0.4) is 0 Å². The standard InChI is InChI=1S/C26H25ClN8O/c1-17-32-33-25(35(17)15-18-4-7-20(27)8-5-18)23-3-2-11-34(23)26(30-16-29)31-22-10-12-36-24-13-19(14-28)6-9-21(22)24/h4-9,13,22-23H,2-3,10-12,15H2,1H3,(H,30,31)/t22-,23+/m0/s1. The van der Waals surface area contributed by atoms with E-state index in [1.807, 2.05) is 43.4 Å². The number of ether oxygens (including phenoxy) is 1. The summed E-state index contributed by atoms with van der Waals surface area (Å²) in [7, 11) is 0. The number of halogens is 1. The van der Waals surface area contributed by atoms with E-state index in [0.717, 1.165) is 42.2 Å². The van der Waals surface area contributed by atoms with Crippen LogP contribution in [0.5, 0.6) is 5.75 Å². The molecular weight excluding hydrogens is 476 g/mol. The maximum absolute atomic E-state index is 9.51. The molecule has 3 aromatic rings. The van der Waals surface area contributed by atoms with Crippen molar-refractivity contribution in [1.29, 1.82) is 10.5 Å². The third kappa shape index (κ3) is 4.71. The molecule has 36 heavy (non-hydrogen) atoms. The van der Waals surface area contributed by atoms with Gasteiger partial charge in [-0.15, -0.1) is 15.2 Å². The van der Waals surface area contributed by atoms with Gasteiger partial charge in [-0.1, -0.05) is 29.8 Å². The second-order valence-electron chi connectivity index (χ2n) is 8.90. The lowest BCUT2D eigenvalue weighted by Crippen LogP contribution is -2.44. The smallest absolute Gasteiger partial charge is 0.211 e. The molecule has 0 unspecified atom stereocenters. The molecule has 2 aromatic carbocycles. The van der Waals surface area contributed by atoms with E-state index in [0.29, 0.717) is 41.9 Å². The predicted octanol–water partition coefficient (Wildman–Crippen LogP) is 4.25. The fourth-order valence-corrected chi connectivity index (χ4v) is 5.02. The molecule has 0 aliphatic carbocycles. The Morgan fingerprint density at radius 3 is 2.81 bits per heavy atom. The van der Waals surface area contributed by atoms with Crippen LogP contribution < -0.4 is 10.1 Å². The van der Waals surface area contributed by atoms with Crippen LogP contribution in [0.4, 0.5) is 0 Å². The lowest BCUT2D eigenvalue weighted by molar-refractivity contribution is 0.257. The molecule has 0 radical (unpaired) electrons. The minimum atomic E-state index is -0.0940. The fourth-order valence-electron chi connectivity index (χ4n) is 4.89. The Bertz CT molecular complexity index is 1370. The second-order valence-corrected chi connectivity index (χ2v) is 9.34. The number of rotatable bonds is 4. The van der Waals surface area contributed by atoms with E-state index in [-0.39, 0.29) is 12.1 Å². The molecule has 0 spiro atoms. The average molecular weight is 501 g/mol. The van der Waals surface area contributed by atoms with Crippen molar-refractivity contribution in [2.75, 3.05) is 13.2 Å². The Morgan fingerprint density at radius 2 is 2.03 bits per heavy atom. The second kappa shape index (κ2) is 10.3. The summed E-state index contributed by atoms with van der Waals surface area (Å²) in [5.41, 5.74) is 2.60. The van der Waals surface area contributed by atoms with Crippen molar-refractivity contribution >= 4 is 17.6 Å². The summed E-state index contributed by atoms with van der Waals surface area (Å²) in [5, 5.41) is 31.8. The third-order valence-corrected chi connectivity index (χ3v) is 6.93. The summed E-state index contributed by atoms with van der Waals surface area (Å²) in [5.74, 6) is 2.87. The Hall–Kier alpha value is -4.08. The molecule has 5 rings (SSSR count). The Kier molecular flexibility index (Phi) is 6.75. The van der Waals surface area contributed by atoms with Crippen LogP contribution in [0.2, 0.25) is 5.02 Å². The van der Waals surface area contributed by atoms with Crippen molar-refractivity contribution in [1.82, 2.24) is 25.0 Å². The van der Waals surface area contributed by atoms with E-state index in [4.69, 9.17) is 16.3 Å². The number of aliphatic imine (C=N–C) groups is 1. The van der Waals surface area contributed by atoms with E-state index >= 15 is 0 Å². The van der Waals surface area contributed by atoms with Crippen LogP contribution in [-0.2, 0) is 6.54 Å². The van der Waals surface area contributed by atoms with Crippen molar-refractivity contribution in [3.05, 3.63) is 75.8 Å². The highest BCUT2D eigenvalue weighted by Gasteiger charge is 2.35. The highest BCUT2D eigenvalue weighted by molar-refractivity contribution is 6.30. The number of aryl methyl sites for hydroxylation is 1. The maximum atomic E-state index is 9.51. The molecule has 0 saturated carbocycles. The summed E-state index contributed by atoms with van der Waals surface area (Å²) in [6.45, 7) is 3.83. The van der Waals surface area contributed by atoms with Gasteiger partial charge < -0.3 is 19.5 Å². The molecule has 1 fully saturated rings. The quantitative estimate of drug-likeness (QED) is 0.323. The highest BCUT2D eigenvalue weighted by Crippen LogP contribution is 2.35. The predicted molar refractivity (Wildman–Crippen MR) is 134 cm³/mol. The van der Waals surface area contributed by atoms with Gasteiger partial charge in [-0.05, 0) is 49.6 Å². The molecule has 2 atom stereocenters. The van der Waals surface area contributed by atoms with Gasteiger partial charge in [-0.25, -0.2) is 0 Å². The van der Waals surface area contributed by atoms with Crippen molar-refractivity contribution in [2.24, 2.45) is 4.99 Å². The van der Waals surface area contributed by atoms with Gasteiger partial charge in [0.25, 0.3) is 0 Å². The molecule has 1 aromatic heterocycles. The molecule has 1 saturated heterocycles. The number of nitriles is 2. The van der Waals surface area contributed by atoms with Crippen LogP contribution in [0.15, 0.2) is 47.5 Å². The van der Waals surface area contributed by atoms with Gasteiger partial charge in [0.2, 0.25) is 12.2 Å². The number of hydrogen-bond acceptors (Lipinski definition) is 6. The summed E-state index contributed by atoms with van der Waals surface area (Å²) in [4.78, 5) is 6.30. The topological polar surface area (TPSA) is 115 Å². The number of guanidine groups is 1. The number of benzene rings is 2. The van der Waals surface area contributed by atoms with Gasteiger partial charge in [0.1, 0.15) is 11.6 Å².